The van der Waals surface area contributed by atoms with E-state index in [4.69, 9.17) is 4.74 Å². The number of carbonyl (C=O) groups excluding carboxylic acids is 1. The van der Waals surface area contributed by atoms with E-state index in [1.807, 2.05) is 48.5 Å². The predicted molar refractivity (Wildman–Crippen MR) is 97.8 cm³/mol. The van der Waals surface area contributed by atoms with Crippen molar-refractivity contribution in [3.8, 4) is 17.2 Å². The summed E-state index contributed by atoms with van der Waals surface area (Å²) in [5, 5.41) is 19.4. The maximum atomic E-state index is 12.1. The average Bonchev–Trinajstić information content (AvgIpc) is 2.72. The van der Waals surface area contributed by atoms with E-state index < -0.39 is 12.1 Å². The van der Waals surface area contributed by atoms with Crippen molar-refractivity contribution in [1.29, 1.82) is 5.26 Å². The molecule has 4 heteroatoms. The minimum absolute atomic E-state index is 0.115. The molecule has 0 spiro atoms. The van der Waals surface area contributed by atoms with E-state index in [0.717, 1.165) is 16.7 Å². The number of rotatable bonds is 5. The van der Waals surface area contributed by atoms with Gasteiger partial charge in [-0.15, -0.1) is 0 Å². The van der Waals surface area contributed by atoms with Gasteiger partial charge in [0.25, 0.3) is 0 Å². The maximum Gasteiger partial charge on any atom is 0.339 e. The van der Waals surface area contributed by atoms with Crippen LogP contribution in [0.3, 0.4) is 0 Å². The van der Waals surface area contributed by atoms with Gasteiger partial charge in [-0.25, -0.2) is 4.79 Å². The summed E-state index contributed by atoms with van der Waals surface area (Å²) in [5.74, 6) is -0.695. The number of nitrogens with zero attached hydrogens (tertiary/aromatic N) is 1. The lowest BCUT2D eigenvalue weighted by molar-refractivity contribution is -0.155. The quantitative estimate of drug-likeness (QED) is 0.711. The monoisotopic (exact) mass is 343 g/mol. The van der Waals surface area contributed by atoms with E-state index in [9.17, 15) is 15.2 Å². The van der Waals surface area contributed by atoms with Gasteiger partial charge >= 0.3 is 5.97 Å². The number of hydrogen-bond acceptors (Lipinski definition) is 4. The number of ether oxygens (including phenoxy) is 1. The van der Waals surface area contributed by atoms with Crippen LogP contribution in [0.5, 0.6) is 0 Å². The highest BCUT2D eigenvalue weighted by Crippen LogP contribution is 2.25. The third-order valence-corrected chi connectivity index (χ3v) is 4.03. The zero-order chi connectivity index (χ0) is 18.4. The minimum Gasteiger partial charge on any atom is -0.459 e. The van der Waals surface area contributed by atoms with Gasteiger partial charge in [-0.3, -0.25) is 0 Å². The van der Waals surface area contributed by atoms with E-state index >= 15 is 0 Å². The summed E-state index contributed by atoms with van der Waals surface area (Å²) in [6.07, 6.45) is -1.35. The van der Waals surface area contributed by atoms with Crippen LogP contribution >= 0.6 is 0 Å². The molecule has 26 heavy (non-hydrogen) atoms. The predicted octanol–water partition coefficient (Wildman–Crippen LogP) is 4.00. The number of aliphatic hydroxyl groups excluding tert-OH is 1. The summed E-state index contributed by atoms with van der Waals surface area (Å²) in [5.41, 5.74) is 3.53. The second kappa shape index (κ2) is 8.11. The van der Waals surface area contributed by atoms with Crippen LogP contribution in [0.1, 0.15) is 22.8 Å². The zero-order valence-electron chi connectivity index (χ0n) is 14.0. The first-order valence-electron chi connectivity index (χ1n) is 8.17. The topological polar surface area (TPSA) is 70.3 Å². The van der Waals surface area contributed by atoms with Gasteiger partial charge in [-0.05, 0) is 28.3 Å². The van der Waals surface area contributed by atoms with Gasteiger partial charge in [0.15, 0.2) is 6.10 Å². The normalized spacial score (nSPS) is 11.4. The van der Waals surface area contributed by atoms with Gasteiger partial charge in [0.05, 0.1) is 11.6 Å². The molecule has 4 nitrogen and oxygen atoms in total. The first-order chi connectivity index (χ1) is 12.7. The van der Waals surface area contributed by atoms with E-state index in [2.05, 4.69) is 6.07 Å². The third kappa shape index (κ3) is 3.97. The van der Waals surface area contributed by atoms with Crippen LogP contribution in [0.25, 0.3) is 11.1 Å². The molecular formula is C22H17NO3. The van der Waals surface area contributed by atoms with Crippen molar-refractivity contribution < 1.29 is 14.6 Å². The largest absolute Gasteiger partial charge is 0.459 e. The smallest absolute Gasteiger partial charge is 0.339 e. The lowest BCUT2D eigenvalue weighted by Gasteiger charge is -2.12. The molecule has 0 saturated carbocycles. The van der Waals surface area contributed by atoms with Crippen molar-refractivity contribution in [2.24, 2.45) is 0 Å². The molecular weight excluding hydrogens is 326 g/mol. The molecule has 3 rings (SSSR count). The Morgan fingerprint density at radius 3 is 2.31 bits per heavy atom. The Morgan fingerprint density at radius 1 is 0.962 bits per heavy atom. The molecule has 0 amide bonds. The molecule has 1 N–H and O–H groups in total. The number of aliphatic hydroxyl groups is 1. The van der Waals surface area contributed by atoms with Crippen LogP contribution in [0.2, 0.25) is 0 Å². The fourth-order valence-corrected chi connectivity index (χ4v) is 2.62. The number of nitriles is 1. The van der Waals surface area contributed by atoms with Crippen LogP contribution in [-0.2, 0) is 16.1 Å². The Hall–Kier alpha value is -3.42. The Balaban J connectivity index is 1.69. The lowest BCUT2D eigenvalue weighted by Crippen LogP contribution is -2.15. The van der Waals surface area contributed by atoms with Gasteiger partial charge in [-0.2, -0.15) is 5.26 Å². The Kier molecular flexibility index (Phi) is 5.43. The van der Waals surface area contributed by atoms with Crippen LogP contribution in [-0.4, -0.2) is 11.1 Å². The van der Waals surface area contributed by atoms with Gasteiger partial charge in [0.1, 0.15) is 6.61 Å². The number of esters is 1. The molecule has 0 saturated heterocycles. The Morgan fingerprint density at radius 2 is 1.62 bits per heavy atom. The Labute approximate surface area is 151 Å². The second-order valence-corrected chi connectivity index (χ2v) is 5.78. The number of benzene rings is 3. The van der Waals surface area contributed by atoms with Crippen molar-refractivity contribution in [2.45, 2.75) is 12.7 Å². The van der Waals surface area contributed by atoms with Crippen molar-refractivity contribution in [3.63, 3.8) is 0 Å². The van der Waals surface area contributed by atoms with Crippen LogP contribution in [0, 0.1) is 11.3 Å². The van der Waals surface area contributed by atoms with Crippen LogP contribution < -0.4 is 0 Å². The van der Waals surface area contributed by atoms with Crippen molar-refractivity contribution in [2.75, 3.05) is 0 Å². The highest BCUT2D eigenvalue weighted by molar-refractivity contribution is 5.77. The summed E-state index contributed by atoms with van der Waals surface area (Å²) in [6.45, 7) is 0.115. The van der Waals surface area contributed by atoms with Gasteiger partial charge < -0.3 is 9.84 Å². The maximum absolute atomic E-state index is 12.1. The number of hydrogen-bond donors (Lipinski definition) is 1. The van der Waals surface area contributed by atoms with E-state index in [0.29, 0.717) is 11.1 Å². The molecule has 0 heterocycles. The van der Waals surface area contributed by atoms with E-state index in [1.54, 1.807) is 30.3 Å². The molecule has 0 bridgehead atoms. The molecule has 0 aliphatic heterocycles. The summed E-state index contributed by atoms with van der Waals surface area (Å²) < 4.78 is 5.16. The minimum atomic E-state index is -1.35. The molecule has 0 fully saturated rings. The summed E-state index contributed by atoms with van der Waals surface area (Å²) in [4.78, 5) is 12.1. The fraction of sp³-hybridized carbons (Fsp3) is 0.0909. The average molecular weight is 343 g/mol. The van der Waals surface area contributed by atoms with Gasteiger partial charge in [-0.1, -0.05) is 72.8 Å². The van der Waals surface area contributed by atoms with Crippen LogP contribution in [0.15, 0.2) is 78.9 Å². The van der Waals surface area contributed by atoms with Gasteiger partial charge in [0, 0.05) is 0 Å². The molecule has 0 radical (unpaired) electrons. The van der Waals surface area contributed by atoms with Crippen LogP contribution in [0.4, 0.5) is 0 Å². The molecule has 1 atom stereocenters. The summed E-state index contributed by atoms with van der Waals surface area (Å²) in [7, 11) is 0. The third-order valence-electron chi connectivity index (χ3n) is 4.03. The fourth-order valence-electron chi connectivity index (χ4n) is 2.62. The number of carbonyl (C=O) groups is 1. The molecule has 3 aromatic rings. The first kappa shape index (κ1) is 17.4. The van der Waals surface area contributed by atoms with Gasteiger partial charge in [0.2, 0.25) is 0 Å². The highest BCUT2D eigenvalue weighted by atomic mass is 16.5. The van der Waals surface area contributed by atoms with E-state index in [-0.39, 0.29) is 6.61 Å². The zero-order valence-corrected chi connectivity index (χ0v) is 14.0. The molecule has 0 aromatic heterocycles. The van der Waals surface area contributed by atoms with Crippen molar-refractivity contribution in [3.05, 3.63) is 95.6 Å². The molecule has 0 aliphatic carbocycles. The lowest BCUT2D eigenvalue weighted by atomic mass is 9.98. The first-order valence-corrected chi connectivity index (χ1v) is 8.17. The Bertz CT molecular complexity index is 928. The molecule has 0 aliphatic rings. The van der Waals surface area contributed by atoms with E-state index in [1.165, 1.54) is 0 Å². The SMILES string of the molecule is N#Cc1ccccc1-c1ccc(C(O)C(=O)OCc2ccccc2)cc1. The second-order valence-electron chi connectivity index (χ2n) is 5.78. The molecule has 1 unspecified atom stereocenters. The summed E-state index contributed by atoms with van der Waals surface area (Å²) in [6, 6.07) is 25.6. The van der Waals surface area contributed by atoms with Crippen molar-refractivity contribution >= 4 is 5.97 Å². The standard InChI is InChI=1S/C22H17NO3/c23-14-19-8-4-5-9-20(19)17-10-12-18(13-11-17)21(24)22(25)26-15-16-6-2-1-3-7-16/h1-13,21,24H,15H2. The molecule has 3 aromatic carbocycles. The summed E-state index contributed by atoms with van der Waals surface area (Å²) >= 11 is 0. The highest BCUT2D eigenvalue weighted by Gasteiger charge is 2.19. The molecule has 128 valence electrons. The van der Waals surface area contributed by atoms with Crippen molar-refractivity contribution in [1.82, 2.24) is 0 Å².